The average molecular weight is 448 g/mol. The number of fused-ring (bicyclic) bond motifs is 1. The third kappa shape index (κ3) is 3.64. The van der Waals surface area contributed by atoms with Gasteiger partial charge >= 0.3 is 0 Å². The number of benzene rings is 1. The maximum absolute atomic E-state index is 4.61. The zero-order valence-corrected chi connectivity index (χ0v) is 18.3. The van der Waals surface area contributed by atoms with Gasteiger partial charge in [-0.05, 0) is 62.8 Å². The molecule has 0 fully saturated rings. The van der Waals surface area contributed by atoms with Crippen LogP contribution in [-0.2, 0) is 18.6 Å². The molecule has 0 radical (unpaired) electrons. The highest BCUT2D eigenvalue weighted by molar-refractivity contribution is 9.10. The maximum Gasteiger partial charge on any atom is 0.192 e. The van der Waals surface area contributed by atoms with Crippen molar-refractivity contribution in [2.45, 2.75) is 56.5 Å². The molecule has 26 heavy (non-hydrogen) atoms. The second-order valence-corrected chi connectivity index (χ2v) is 9.77. The van der Waals surface area contributed by atoms with Gasteiger partial charge in [0.05, 0.1) is 0 Å². The fraction of sp³-hybridized carbons (Fsp3) is 0.400. The van der Waals surface area contributed by atoms with E-state index in [-0.39, 0.29) is 0 Å². The van der Waals surface area contributed by atoms with Crippen molar-refractivity contribution in [1.29, 1.82) is 0 Å². The van der Waals surface area contributed by atoms with E-state index in [2.05, 4.69) is 74.2 Å². The Morgan fingerprint density at radius 3 is 2.88 bits per heavy atom. The van der Waals surface area contributed by atoms with Gasteiger partial charge in [0.2, 0.25) is 0 Å². The van der Waals surface area contributed by atoms with Crippen LogP contribution in [0, 0.1) is 0 Å². The van der Waals surface area contributed by atoms with Crippen molar-refractivity contribution in [1.82, 2.24) is 14.8 Å². The summed E-state index contributed by atoms with van der Waals surface area (Å²) in [7, 11) is 0. The quantitative estimate of drug-likeness (QED) is 0.416. The average Bonchev–Trinajstić information content (AvgIpc) is 3.23. The first kappa shape index (κ1) is 18.3. The lowest BCUT2D eigenvalue weighted by Gasteiger charge is -2.16. The van der Waals surface area contributed by atoms with Gasteiger partial charge in [-0.1, -0.05) is 39.8 Å². The molecule has 0 amide bonds. The molecule has 136 valence electrons. The van der Waals surface area contributed by atoms with Crippen molar-refractivity contribution in [3.63, 3.8) is 0 Å². The van der Waals surface area contributed by atoms with Crippen LogP contribution >= 0.6 is 39.0 Å². The second kappa shape index (κ2) is 7.87. The Hall–Kier alpha value is -1.11. The Labute approximate surface area is 171 Å². The van der Waals surface area contributed by atoms with Crippen LogP contribution in [0.2, 0.25) is 0 Å². The van der Waals surface area contributed by atoms with Gasteiger partial charge in [-0.25, -0.2) is 0 Å². The third-order valence-electron chi connectivity index (χ3n) is 4.74. The van der Waals surface area contributed by atoms with Crippen molar-refractivity contribution >= 4 is 39.0 Å². The molecular weight excluding hydrogens is 426 g/mol. The Bertz CT molecular complexity index is 914. The lowest BCUT2D eigenvalue weighted by atomic mass is 9.95. The van der Waals surface area contributed by atoms with E-state index in [1.165, 1.54) is 42.4 Å². The van der Waals surface area contributed by atoms with E-state index in [4.69, 9.17) is 0 Å². The highest BCUT2D eigenvalue weighted by Gasteiger charge is 2.23. The van der Waals surface area contributed by atoms with E-state index in [0.717, 1.165) is 21.2 Å². The highest BCUT2D eigenvalue weighted by Crippen LogP contribution is 2.38. The predicted molar refractivity (Wildman–Crippen MR) is 114 cm³/mol. The summed E-state index contributed by atoms with van der Waals surface area (Å²) in [6, 6.07) is 8.80. The van der Waals surface area contributed by atoms with Crippen molar-refractivity contribution in [3.8, 4) is 11.4 Å². The standard InChI is InChI=1S/C20H22BrN3S2/c1-13(2)24-19(17-12-25-18-9-4-3-8-16(17)18)22-23-20(24)26-11-14-6-5-7-15(21)10-14/h5-7,10,12-13H,3-4,8-9,11H2,1-2H3. The van der Waals surface area contributed by atoms with Gasteiger partial charge in [-0.15, -0.1) is 21.5 Å². The molecule has 0 unspecified atom stereocenters. The van der Waals surface area contributed by atoms with Crippen LogP contribution in [0.4, 0.5) is 0 Å². The van der Waals surface area contributed by atoms with E-state index in [9.17, 15) is 0 Å². The largest absolute Gasteiger partial charge is 0.299 e. The zero-order chi connectivity index (χ0) is 18.1. The normalized spacial score (nSPS) is 14.0. The molecule has 3 aromatic rings. The Morgan fingerprint density at radius 1 is 1.23 bits per heavy atom. The molecule has 0 spiro atoms. The van der Waals surface area contributed by atoms with Gasteiger partial charge in [0, 0.05) is 32.1 Å². The summed E-state index contributed by atoms with van der Waals surface area (Å²) in [6.45, 7) is 4.43. The minimum Gasteiger partial charge on any atom is -0.299 e. The van der Waals surface area contributed by atoms with E-state index >= 15 is 0 Å². The van der Waals surface area contributed by atoms with Gasteiger partial charge in [-0.3, -0.25) is 4.57 Å². The maximum atomic E-state index is 4.61. The summed E-state index contributed by atoms with van der Waals surface area (Å²) in [5, 5.41) is 12.5. The van der Waals surface area contributed by atoms with Gasteiger partial charge in [0.15, 0.2) is 11.0 Å². The molecule has 2 aromatic heterocycles. The van der Waals surface area contributed by atoms with Crippen LogP contribution in [0.5, 0.6) is 0 Å². The molecule has 0 atom stereocenters. The summed E-state index contributed by atoms with van der Waals surface area (Å²) >= 11 is 7.21. The minimum atomic E-state index is 0.337. The molecule has 3 nitrogen and oxygen atoms in total. The summed E-state index contributed by atoms with van der Waals surface area (Å²) in [5.41, 5.74) is 4.11. The molecule has 0 bridgehead atoms. The topological polar surface area (TPSA) is 30.7 Å². The van der Waals surface area contributed by atoms with Crippen LogP contribution in [-0.4, -0.2) is 14.8 Å². The summed E-state index contributed by atoms with van der Waals surface area (Å²) in [4.78, 5) is 1.55. The summed E-state index contributed by atoms with van der Waals surface area (Å²) in [5.74, 6) is 1.93. The molecule has 1 aromatic carbocycles. The first-order valence-corrected chi connectivity index (χ1v) is 11.7. The number of aromatic nitrogens is 3. The van der Waals surface area contributed by atoms with E-state index in [1.807, 2.05) is 11.3 Å². The molecule has 0 N–H and O–H groups in total. The van der Waals surface area contributed by atoms with E-state index in [1.54, 1.807) is 16.6 Å². The Morgan fingerprint density at radius 2 is 2.08 bits per heavy atom. The van der Waals surface area contributed by atoms with Crippen LogP contribution < -0.4 is 0 Å². The Balaban J connectivity index is 1.64. The van der Waals surface area contributed by atoms with Gasteiger partial charge in [0.1, 0.15) is 0 Å². The Kier molecular flexibility index (Phi) is 5.53. The van der Waals surface area contributed by atoms with E-state index in [0.29, 0.717) is 6.04 Å². The number of rotatable bonds is 5. The molecule has 0 aliphatic heterocycles. The van der Waals surface area contributed by atoms with Gasteiger partial charge in [0.25, 0.3) is 0 Å². The number of hydrogen-bond acceptors (Lipinski definition) is 4. The molecule has 1 aliphatic rings. The van der Waals surface area contributed by atoms with Crippen molar-refractivity contribution in [2.24, 2.45) is 0 Å². The first-order chi connectivity index (χ1) is 12.6. The predicted octanol–water partition coefficient (Wildman–Crippen LogP) is 6.52. The third-order valence-corrected chi connectivity index (χ3v) is 7.34. The zero-order valence-electron chi connectivity index (χ0n) is 15.0. The van der Waals surface area contributed by atoms with Crippen molar-refractivity contribution in [2.75, 3.05) is 0 Å². The summed E-state index contributed by atoms with van der Waals surface area (Å²) in [6.07, 6.45) is 5.01. The number of thiophene rings is 1. The smallest absolute Gasteiger partial charge is 0.192 e. The number of aryl methyl sites for hydroxylation is 1. The molecule has 0 saturated heterocycles. The molecule has 2 heterocycles. The highest BCUT2D eigenvalue weighted by atomic mass is 79.9. The minimum absolute atomic E-state index is 0.337. The number of halogens is 1. The molecule has 6 heteroatoms. The lowest BCUT2D eigenvalue weighted by molar-refractivity contribution is 0.554. The molecule has 4 rings (SSSR count). The monoisotopic (exact) mass is 447 g/mol. The molecule has 0 saturated carbocycles. The van der Waals surface area contributed by atoms with Crippen LogP contribution in [0.3, 0.4) is 0 Å². The van der Waals surface area contributed by atoms with Crippen LogP contribution in [0.25, 0.3) is 11.4 Å². The number of hydrogen-bond donors (Lipinski definition) is 0. The van der Waals surface area contributed by atoms with Gasteiger partial charge in [-0.2, -0.15) is 0 Å². The van der Waals surface area contributed by atoms with Crippen molar-refractivity contribution < 1.29 is 0 Å². The fourth-order valence-corrected chi connectivity index (χ4v) is 6.06. The first-order valence-electron chi connectivity index (χ1n) is 9.05. The summed E-state index contributed by atoms with van der Waals surface area (Å²) < 4.78 is 3.42. The van der Waals surface area contributed by atoms with Crippen LogP contribution in [0.1, 0.15) is 48.7 Å². The molecule has 1 aliphatic carbocycles. The fourth-order valence-electron chi connectivity index (χ4n) is 3.48. The van der Waals surface area contributed by atoms with Crippen LogP contribution in [0.15, 0.2) is 39.3 Å². The second-order valence-electron chi connectivity index (χ2n) is 6.95. The SMILES string of the molecule is CC(C)n1c(SCc2cccc(Br)c2)nnc1-c1csc2c1CCCC2. The van der Waals surface area contributed by atoms with Crippen molar-refractivity contribution in [3.05, 3.63) is 50.1 Å². The molecular formula is C20H22BrN3S2. The van der Waals surface area contributed by atoms with E-state index < -0.39 is 0 Å². The number of thioether (sulfide) groups is 1. The lowest BCUT2D eigenvalue weighted by Crippen LogP contribution is -2.07. The number of nitrogens with zero attached hydrogens (tertiary/aromatic N) is 3. The van der Waals surface area contributed by atoms with Gasteiger partial charge < -0.3 is 0 Å².